The van der Waals surface area contributed by atoms with Gasteiger partial charge in [0.1, 0.15) is 5.82 Å². The molecule has 3 heteroatoms. The van der Waals surface area contributed by atoms with E-state index in [-0.39, 0.29) is 0 Å². The highest BCUT2D eigenvalue weighted by Crippen LogP contribution is 2.30. The van der Waals surface area contributed by atoms with E-state index in [1.807, 2.05) is 30.3 Å². The number of hydrogen-bond acceptors (Lipinski definition) is 1. The zero-order valence-electron chi connectivity index (χ0n) is 10.3. The Bertz CT molecular complexity index is 569. The quantitative estimate of drug-likeness (QED) is 0.791. The van der Waals surface area contributed by atoms with Crippen LogP contribution < -0.4 is 0 Å². The first-order chi connectivity index (χ1) is 9.22. The molecule has 0 radical (unpaired) electrons. The second kappa shape index (κ2) is 6.36. The lowest BCUT2D eigenvalue weighted by Crippen LogP contribution is -2.02. The molecule has 2 rings (SSSR count). The van der Waals surface area contributed by atoms with E-state index in [1.165, 1.54) is 6.07 Å². The number of rotatable bonds is 4. The summed E-state index contributed by atoms with van der Waals surface area (Å²) in [5.74, 6) is -0.930. The first-order valence-electron chi connectivity index (χ1n) is 6.10. The SMILES string of the molecule is N#CC(CCc1ccccc1)c1c(F)cccc1Cl. The van der Waals surface area contributed by atoms with Crippen molar-refractivity contribution in [2.45, 2.75) is 18.8 Å². The Kier molecular flexibility index (Phi) is 4.54. The predicted molar refractivity (Wildman–Crippen MR) is 74.5 cm³/mol. The van der Waals surface area contributed by atoms with Gasteiger partial charge in [-0.05, 0) is 30.5 Å². The van der Waals surface area contributed by atoms with Crippen molar-refractivity contribution in [1.29, 1.82) is 5.26 Å². The molecular formula is C16H13ClFN. The fourth-order valence-electron chi connectivity index (χ4n) is 2.07. The van der Waals surface area contributed by atoms with Crippen LogP contribution in [0.5, 0.6) is 0 Å². The summed E-state index contributed by atoms with van der Waals surface area (Å²) in [5, 5.41) is 9.55. The van der Waals surface area contributed by atoms with Crippen LogP contribution in [0.15, 0.2) is 48.5 Å². The van der Waals surface area contributed by atoms with Crippen molar-refractivity contribution in [3.05, 3.63) is 70.5 Å². The third-order valence-electron chi connectivity index (χ3n) is 3.07. The van der Waals surface area contributed by atoms with Crippen LogP contribution in [0.3, 0.4) is 0 Å². The maximum atomic E-state index is 13.8. The van der Waals surface area contributed by atoms with Crippen molar-refractivity contribution in [3.8, 4) is 6.07 Å². The van der Waals surface area contributed by atoms with Gasteiger partial charge >= 0.3 is 0 Å². The second-order valence-electron chi connectivity index (χ2n) is 4.34. The van der Waals surface area contributed by atoms with E-state index < -0.39 is 11.7 Å². The number of aryl methyl sites for hydroxylation is 1. The molecule has 0 aliphatic carbocycles. The molecule has 96 valence electrons. The largest absolute Gasteiger partial charge is 0.207 e. The van der Waals surface area contributed by atoms with E-state index in [9.17, 15) is 9.65 Å². The van der Waals surface area contributed by atoms with Crippen LogP contribution in [-0.4, -0.2) is 0 Å². The van der Waals surface area contributed by atoms with Crippen LogP contribution in [0.2, 0.25) is 5.02 Å². The molecule has 0 fully saturated rings. The molecule has 19 heavy (non-hydrogen) atoms. The molecule has 0 amide bonds. The Balaban J connectivity index is 2.16. The summed E-state index contributed by atoms with van der Waals surface area (Å²) in [6.07, 6.45) is 1.28. The van der Waals surface area contributed by atoms with Crippen LogP contribution in [0.25, 0.3) is 0 Å². The van der Waals surface area contributed by atoms with Gasteiger partial charge < -0.3 is 0 Å². The lowest BCUT2D eigenvalue weighted by atomic mass is 9.93. The smallest absolute Gasteiger partial charge is 0.129 e. The van der Waals surface area contributed by atoms with Crippen molar-refractivity contribution < 1.29 is 4.39 Å². The highest BCUT2D eigenvalue weighted by atomic mass is 35.5. The van der Waals surface area contributed by atoms with Gasteiger partial charge in [0.05, 0.1) is 12.0 Å². The van der Waals surface area contributed by atoms with E-state index in [0.717, 1.165) is 12.0 Å². The van der Waals surface area contributed by atoms with Crippen LogP contribution in [0.4, 0.5) is 4.39 Å². The summed E-state index contributed by atoms with van der Waals surface area (Å²) in [6, 6.07) is 16.5. The minimum atomic E-state index is -0.520. The van der Waals surface area contributed by atoms with E-state index >= 15 is 0 Å². The van der Waals surface area contributed by atoms with Crippen LogP contribution >= 0.6 is 11.6 Å². The molecule has 0 aliphatic rings. The Morgan fingerprint density at radius 3 is 2.47 bits per heavy atom. The highest BCUT2D eigenvalue weighted by Gasteiger charge is 2.18. The molecule has 0 saturated carbocycles. The molecular weight excluding hydrogens is 261 g/mol. The van der Waals surface area contributed by atoms with Gasteiger partial charge in [0.15, 0.2) is 0 Å². The number of nitriles is 1. The minimum absolute atomic E-state index is 0.308. The van der Waals surface area contributed by atoms with E-state index in [4.69, 9.17) is 11.6 Å². The predicted octanol–water partition coefficient (Wildman–Crippen LogP) is 4.72. The zero-order chi connectivity index (χ0) is 13.7. The zero-order valence-corrected chi connectivity index (χ0v) is 11.1. The summed E-state index contributed by atoms with van der Waals surface area (Å²) < 4.78 is 13.8. The number of benzene rings is 2. The monoisotopic (exact) mass is 273 g/mol. The van der Waals surface area contributed by atoms with Crippen LogP contribution in [-0.2, 0) is 6.42 Å². The summed E-state index contributed by atoms with van der Waals surface area (Å²) >= 11 is 5.99. The van der Waals surface area contributed by atoms with Crippen molar-refractivity contribution >= 4 is 11.6 Å². The third kappa shape index (κ3) is 3.33. The number of halogens is 2. The molecule has 0 aliphatic heterocycles. The topological polar surface area (TPSA) is 23.8 Å². The molecule has 1 atom stereocenters. The summed E-state index contributed by atoms with van der Waals surface area (Å²) in [7, 11) is 0. The standard InChI is InChI=1S/C16H13ClFN/c17-14-7-4-8-15(18)16(14)13(11-19)10-9-12-5-2-1-3-6-12/h1-8,13H,9-10H2. The molecule has 0 heterocycles. The van der Waals surface area contributed by atoms with Crippen LogP contribution in [0.1, 0.15) is 23.5 Å². The van der Waals surface area contributed by atoms with Gasteiger partial charge in [-0.3, -0.25) is 0 Å². The number of hydrogen-bond donors (Lipinski definition) is 0. The molecule has 0 aromatic heterocycles. The summed E-state index contributed by atoms with van der Waals surface area (Å²) in [6.45, 7) is 0. The highest BCUT2D eigenvalue weighted by molar-refractivity contribution is 6.31. The Morgan fingerprint density at radius 1 is 1.11 bits per heavy atom. The van der Waals surface area contributed by atoms with E-state index in [1.54, 1.807) is 12.1 Å². The van der Waals surface area contributed by atoms with E-state index in [0.29, 0.717) is 17.0 Å². The van der Waals surface area contributed by atoms with Gasteiger partial charge in [-0.15, -0.1) is 0 Å². The average molecular weight is 274 g/mol. The molecule has 0 saturated heterocycles. The van der Waals surface area contributed by atoms with Crippen molar-refractivity contribution in [2.24, 2.45) is 0 Å². The lowest BCUT2D eigenvalue weighted by molar-refractivity contribution is 0.592. The third-order valence-corrected chi connectivity index (χ3v) is 3.40. The van der Waals surface area contributed by atoms with Crippen molar-refractivity contribution in [2.75, 3.05) is 0 Å². The fraction of sp³-hybridized carbons (Fsp3) is 0.188. The van der Waals surface area contributed by atoms with Gasteiger partial charge in [-0.1, -0.05) is 48.0 Å². The average Bonchev–Trinajstić information content (AvgIpc) is 2.43. The van der Waals surface area contributed by atoms with Crippen molar-refractivity contribution in [3.63, 3.8) is 0 Å². The first kappa shape index (κ1) is 13.6. The molecule has 1 nitrogen and oxygen atoms in total. The molecule has 2 aromatic rings. The summed E-state index contributed by atoms with van der Waals surface area (Å²) in [5.41, 5.74) is 1.44. The number of nitrogens with zero attached hydrogens (tertiary/aromatic N) is 1. The normalized spacial score (nSPS) is 11.8. The van der Waals surface area contributed by atoms with Gasteiger partial charge in [0.2, 0.25) is 0 Å². The van der Waals surface area contributed by atoms with Gasteiger partial charge in [0.25, 0.3) is 0 Å². The molecule has 0 N–H and O–H groups in total. The Morgan fingerprint density at radius 2 is 1.84 bits per heavy atom. The minimum Gasteiger partial charge on any atom is -0.207 e. The lowest BCUT2D eigenvalue weighted by Gasteiger charge is -2.12. The molecule has 1 unspecified atom stereocenters. The Labute approximate surface area is 117 Å². The second-order valence-corrected chi connectivity index (χ2v) is 4.75. The van der Waals surface area contributed by atoms with E-state index in [2.05, 4.69) is 6.07 Å². The molecule has 0 spiro atoms. The van der Waals surface area contributed by atoms with Gasteiger partial charge in [-0.2, -0.15) is 5.26 Å². The first-order valence-corrected chi connectivity index (χ1v) is 6.47. The van der Waals surface area contributed by atoms with Gasteiger partial charge in [-0.25, -0.2) is 4.39 Å². The van der Waals surface area contributed by atoms with Gasteiger partial charge in [0, 0.05) is 10.6 Å². The fourth-order valence-corrected chi connectivity index (χ4v) is 2.37. The maximum Gasteiger partial charge on any atom is 0.129 e. The van der Waals surface area contributed by atoms with Crippen LogP contribution in [0, 0.1) is 17.1 Å². The molecule has 0 bridgehead atoms. The summed E-state index contributed by atoms with van der Waals surface area (Å²) in [4.78, 5) is 0. The Hall–Kier alpha value is -1.85. The van der Waals surface area contributed by atoms with Crippen molar-refractivity contribution in [1.82, 2.24) is 0 Å². The maximum absolute atomic E-state index is 13.8. The molecule has 2 aromatic carbocycles.